The zero-order chi connectivity index (χ0) is 13.8. The first-order valence-corrected chi connectivity index (χ1v) is 6.59. The Bertz CT molecular complexity index is 461. The molecule has 0 aromatic heterocycles. The van der Waals surface area contributed by atoms with Crippen molar-refractivity contribution < 1.29 is 9.18 Å². The molecule has 0 bridgehead atoms. The van der Waals surface area contributed by atoms with E-state index in [1.54, 1.807) is 11.0 Å². The van der Waals surface area contributed by atoms with E-state index in [1.165, 1.54) is 18.2 Å². The van der Waals surface area contributed by atoms with Crippen LogP contribution >= 0.6 is 0 Å². The van der Waals surface area contributed by atoms with Gasteiger partial charge in [0.05, 0.1) is 0 Å². The van der Waals surface area contributed by atoms with Crippen molar-refractivity contribution in [2.75, 3.05) is 12.3 Å². The second kappa shape index (κ2) is 5.87. The molecule has 2 N–H and O–H groups in total. The normalized spacial score (nSPS) is 15.4. The van der Waals surface area contributed by atoms with Gasteiger partial charge in [-0.2, -0.15) is 0 Å². The lowest BCUT2D eigenvalue weighted by Gasteiger charge is -2.28. The van der Waals surface area contributed by atoms with E-state index in [1.807, 2.05) is 0 Å². The number of carbonyl (C=O) groups excluding carboxylic acids is 1. The fourth-order valence-electron chi connectivity index (χ4n) is 2.65. The highest BCUT2D eigenvalue weighted by Crippen LogP contribution is 2.25. The Morgan fingerprint density at radius 2 is 2.11 bits per heavy atom. The lowest BCUT2D eigenvalue weighted by atomic mass is 10.1. The van der Waals surface area contributed by atoms with Gasteiger partial charge in [-0.05, 0) is 31.0 Å². The Hall–Kier alpha value is -1.84. The predicted octanol–water partition coefficient (Wildman–Crippen LogP) is 2.98. The van der Waals surface area contributed by atoms with Crippen molar-refractivity contribution in [1.82, 2.24) is 4.90 Å². The zero-order valence-electron chi connectivity index (χ0n) is 10.9. The van der Waals surface area contributed by atoms with Crippen LogP contribution in [0.2, 0.25) is 0 Å². The van der Waals surface area contributed by atoms with Gasteiger partial charge in [0.25, 0.3) is 5.91 Å². The lowest BCUT2D eigenvalue weighted by Crippen LogP contribution is -2.39. The van der Waals surface area contributed by atoms with Crippen LogP contribution in [0.4, 0.5) is 10.1 Å². The highest BCUT2D eigenvalue weighted by Gasteiger charge is 2.26. The predicted molar refractivity (Wildman–Crippen MR) is 74.3 cm³/mol. The second-order valence-electron chi connectivity index (χ2n) is 4.96. The third kappa shape index (κ3) is 3.13. The standard InChI is InChI=1S/C15H19FN2O/c1-2-7-18(14-5-3-4-6-14)15(19)11-8-12(16)10-13(17)9-11/h2,8-10,14H,1,3-7,17H2. The Morgan fingerprint density at radius 1 is 1.42 bits per heavy atom. The molecule has 0 aliphatic heterocycles. The maximum Gasteiger partial charge on any atom is 0.254 e. The topological polar surface area (TPSA) is 46.3 Å². The molecular formula is C15H19FN2O. The molecule has 0 atom stereocenters. The van der Waals surface area contributed by atoms with Crippen molar-refractivity contribution in [2.24, 2.45) is 0 Å². The SMILES string of the molecule is C=CCN(C(=O)c1cc(N)cc(F)c1)C1CCCC1. The van der Waals surface area contributed by atoms with Gasteiger partial charge in [-0.1, -0.05) is 18.9 Å². The van der Waals surface area contributed by atoms with Crippen molar-refractivity contribution in [1.29, 1.82) is 0 Å². The van der Waals surface area contributed by atoms with Gasteiger partial charge in [0, 0.05) is 23.8 Å². The third-order valence-corrected chi connectivity index (χ3v) is 3.52. The van der Waals surface area contributed by atoms with Crippen LogP contribution < -0.4 is 5.73 Å². The first-order valence-electron chi connectivity index (χ1n) is 6.59. The van der Waals surface area contributed by atoms with E-state index in [9.17, 15) is 9.18 Å². The molecule has 1 aliphatic rings. The minimum absolute atomic E-state index is 0.169. The van der Waals surface area contributed by atoms with Gasteiger partial charge in [0.15, 0.2) is 0 Å². The molecule has 2 rings (SSSR count). The van der Waals surface area contributed by atoms with Gasteiger partial charge in [0.1, 0.15) is 5.82 Å². The molecule has 0 spiro atoms. The highest BCUT2D eigenvalue weighted by atomic mass is 19.1. The van der Waals surface area contributed by atoms with Crippen LogP contribution in [0.1, 0.15) is 36.0 Å². The monoisotopic (exact) mass is 262 g/mol. The van der Waals surface area contributed by atoms with E-state index >= 15 is 0 Å². The third-order valence-electron chi connectivity index (χ3n) is 3.52. The van der Waals surface area contributed by atoms with E-state index in [0.717, 1.165) is 25.7 Å². The number of rotatable bonds is 4. The van der Waals surface area contributed by atoms with Crippen LogP contribution in [-0.4, -0.2) is 23.4 Å². The molecule has 3 nitrogen and oxygen atoms in total. The van der Waals surface area contributed by atoms with Crippen molar-refractivity contribution in [3.8, 4) is 0 Å². The average Bonchev–Trinajstić information content (AvgIpc) is 2.87. The average molecular weight is 262 g/mol. The summed E-state index contributed by atoms with van der Waals surface area (Å²) in [5.41, 5.74) is 6.18. The summed E-state index contributed by atoms with van der Waals surface area (Å²) in [5, 5.41) is 0. The number of anilines is 1. The van der Waals surface area contributed by atoms with Crippen LogP contribution in [0.3, 0.4) is 0 Å². The zero-order valence-corrected chi connectivity index (χ0v) is 10.9. The first-order chi connectivity index (χ1) is 9.11. The molecule has 0 radical (unpaired) electrons. The number of hydrogen-bond donors (Lipinski definition) is 1. The number of nitrogens with zero attached hydrogens (tertiary/aromatic N) is 1. The summed E-state index contributed by atoms with van der Waals surface area (Å²) in [6, 6.07) is 4.21. The molecule has 0 unspecified atom stereocenters. The minimum Gasteiger partial charge on any atom is -0.399 e. The maximum absolute atomic E-state index is 13.3. The molecule has 4 heteroatoms. The van der Waals surface area contributed by atoms with E-state index in [2.05, 4.69) is 6.58 Å². The summed E-state index contributed by atoms with van der Waals surface area (Å²) in [7, 11) is 0. The smallest absolute Gasteiger partial charge is 0.254 e. The molecule has 1 aliphatic carbocycles. The minimum atomic E-state index is -0.478. The van der Waals surface area contributed by atoms with Crippen molar-refractivity contribution in [3.63, 3.8) is 0 Å². The largest absolute Gasteiger partial charge is 0.399 e. The molecule has 1 aromatic rings. The molecule has 19 heavy (non-hydrogen) atoms. The molecule has 0 saturated heterocycles. The summed E-state index contributed by atoms with van der Waals surface area (Å²) in [5.74, 6) is -0.647. The number of carbonyl (C=O) groups is 1. The summed E-state index contributed by atoms with van der Waals surface area (Å²) in [6.07, 6.45) is 5.99. The van der Waals surface area contributed by atoms with Gasteiger partial charge in [-0.15, -0.1) is 6.58 Å². The lowest BCUT2D eigenvalue weighted by molar-refractivity contribution is 0.0706. The Morgan fingerprint density at radius 3 is 2.68 bits per heavy atom. The van der Waals surface area contributed by atoms with Crippen LogP contribution in [0.15, 0.2) is 30.9 Å². The Kier molecular flexibility index (Phi) is 4.20. The van der Waals surface area contributed by atoms with Crippen LogP contribution in [-0.2, 0) is 0 Å². The number of hydrogen-bond acceptors (Lipinski definition) is 2. The number of halogens is 1. The van der Waals surface area contributed by atoms with Gasteiger partial charge < -0.3 is 10.6 Å². The highest BCUT2D eigenvalue weighted by molar-refractivity contribution is 5.95. The fraction of sp³-hybridized carbons (Fsp3) is 0.400. The van der Waals surface area contributed by atoms with Crippen LogP contribution in [0.5, 0.6) is 0 Å². The quantitative estimate of drug-likeness (QED) is 0.669. The molecule has 102 valence electrons. The molecule has 1 saturated carbocycles. The van der Waals surface area contributed by atoms with Gasteiger partial charge in [-0.3, -0.25) is 4.79 Å². The number of nitrogens with two attached hydrogens (primary N) is 1. The maximum atomic E-state index is 13.3. The van der Waals surface area contributed by atoms with Gasteiger partial charge >= 0.3 is 0 Å². The van der Waals surface area contributed by atoms with Gasteiger partial charge in [-0.25, -0.2) is 4.39 Å². The second-order valence-corrected chi connectivity index (χ2v) is 4.96. The molecule has 1 amide bonds. The van der Waals surface area contributed by atoms with Crippen molar-refractivity contribution in [2.45, 2.75) is 31.7 Å². The van der Waals surface area contributed by atoms with Crippen molar-refractivity contribution >= 4 is 11.6 Å². The summed E-state index contributed by atoms with van der Waals surface area (Å²) in [6.45, 7) is 4.18. The number of amides is 1. The summed E-state index contributed by atoms with van der Waals surface area (Å²) in [4.78, 5) is 14.3. The van der Waals surface area contributed by atoms with Crippen LogP contribution in [0, 0.1) is 5.82 Å². The van der Waals surface area contributed by atoms with E-state index < -0.39 is 5.82 Å². The molecule has 1 aromatic carbocycles. The summed E-state index contributed by atoms with van der Waals surface area (Å²) < 4.78 is 13.3. The fourth-order valence-corrected chi connectivity index (χ4v) is 2.65. The van der Waals surface area contributed by atoms with Gasteiger partial charge in [0.2, 0.25) is 0 Å². The van der Waals surface area contributed by atoms with E-state index in [0.29, 0.717) is 12.1 Å². The molecule has 0 heterocycles. The van der Waals surface area contributed by atoms with Crippen LogP contribution in [0.25, 0.3) is 0 Å². The summed E-state index contributed by atoms with van der Waals surface area (Å²) >= 11 is 0. The number of nitrogen functional groups attached to an aromatic ring is 1. The number of benzene rings is 1. The molecule has 1 fully saturated rings. The van der Waals surface area contributed by atoms with Crippen molar-refractivity contribution in [3.05, 3.63) is 42.2 Å². The Labute approximate surface area is 112 Å². The van der Waals surface area contributed by atoms with E-state index in [-0.39, 0.29) is 17.6 Å². The molecular weight excluding hydrogens is 243 g/mol. The Balaban J connectivity index is 2.24. The first kappa shape index (κ1) is 13.6. The van der Waals surface area contributed by atoms with E-state index in [4.69, 9.17) is 5.73 Å².